The van der Waals surface area contributed by atoms with Crippen LogP contribution in [0.25, 0.3) is 0 Å². The van der Waals surface area contributed by atoms with E-state index in [0.29, 0.717) is 18.8 Å². The third kappa shape index (κ3) is 3.03. The Balaban J connectivity index is 2.01. The predicted molar refractivity (Wildman–Crippen MR) is 84.6 cm³/mol. The van der Waals surface area contributed by atoms with Gasteiger partial charge in [-0.15, -0.1) is 0 Å². The van der Waals surface area contributed by atoms with Crippen LogP contribution in [0.15, 0.2) is 40.9 Å². The first-order valence-corrected chi connectivity index (χ1v) is 7.86. The van der Waals surface area contributed by atoms with Crippen molar-refractivity contribution in [3.63, 3.8) is 0 Å². The molecule has 0 aliphatic carbocycles. The Bertz CT molecular complexity index is 659. The molecule has 0 aromatic heterocycles. The van der Waals surface area contributed by atoms with Gasteiger partial charge in [0, 0.05) is 10.0 Å². The molecule has 2 nitrogen and oxygen atoms in total. The second-order valence-corrected chi connectivity index (χ2v) is 6.09. The van der Waals surface area contributed by atoms with Crippen LogP contribution in [-0.4, -0.2) is 6.54 Å². The number of hydrogen-bond donors (Lipinski definition) is 1. The van der Waals surface area contributed by atoms with Gasteiger partial charge in [-0.25, -0.2) is 4.39 Å². The van der Waals surface area contributed by atoms with Crippen molar-refractivity contribution in [3.05, 3.63) is 68.9 Å². The Morgan fingerprint density at radius 2 is 2.00 bits per heavy atom. The molecule has 0 fully saturated rings. The molecule has 1 aliphatic heterocycles. The van der Waals surface area contributed by atoms with E-state index in [-0.39, 0.29) is 11.9 Å². The van der Waals surface area contributed by atoms with Gasteiger partial charge in [-0.3, -0.25) is 0 Å². The molecule has 21 heavy (non-hydrogen) atoms. The van der Waals surface area contributed by atoms with Gasteiger partial charge in [0.05, 0.1) is 19.3 Å². The topological polar surface area (TPSA) is 21.3 Å². The summed E-state index contributed by atoms with van der Waals surface area (Å²) >= 11 is 3.30. The van der Waals surface area contributed by atoms with E-state index in [0.717, 1.165) is 16.6 Å². The standard InChI is InChI=1S/C17H17BrFNO/c1-2-20-17(15-6-5-14(18)8-16(15)19)11-3-4-12-9-21-10-13(12)7-11/h3-8,17,20H,2,9-10H2,1H3. The second-order valence-electron chi connectivity index (χ2n) is 5.18. The minimum atomic E-state index is -0.202. The zero-order valence-electron chi connectivity index (χ0n) is 11.8. The van der Waals surface area contributed by atoms with Gasteiger partial charge in [0.1, 0.15) is 5.82 Å². The molecule has 0 spiro atoms. The number of nitrogens with one attached hydrogen (secondary N) is 1. The Morgan fingerprint density at radius 3 is 2.76 bits per heavy atom. The van der Waals surface area contributed by atoms with Crippen LogP contribution >= 0.6 is 15.9 Å². The molecule has 1 unspecified atom stereocenters. The van der Waals surface area contributed by atoms with Gasteiger partial charge in [0.15, 0.2) is 0 Å². The van der Waals surface area contributed by atoms with Crippen molar-refractivity contribution in [1.29, 1.82) is 0 Å². The Labute approximate surface area is 132 Å². The Morgan fingerprint density at radius 1 is 1.19 bits per heavy atom. The lowest BCUT2D eigenvalue weighted by Gasteiger charge is -2.20. The lowest BCUT2D eigenvalue weighted by atomic mass is 9.95. The van der Waals surface area contributed by atoms with Gasteiger partial charge in [-0.1, -0.05) is 47.1 Å². The molecule has 0 amide bonds. The molecule has 0 saturated carbocycles. The normalized spacial score (nSPS) is 15.0. The number of fused-ring (bicyclic) bond motifs is 1. The average Bonchev–Trinajstić information content (AvgIpc) is 2.93. The highest BCUT2D eigenvalue weighted by Crippen LogP contribution is 2.30. The van der Waals surface area contributed by atoms with Crippen LogP contribution < -0.4 is 5.32 Å². The van der Waals surface area contributed by atoms with E-state index < -0.39 is 0 Å². The van der Waals surface area contributed by atoms with E-state index in [9.17, 15) is 4.39 Å². The van der Waals surface area contributed by atoms with Crippen LogP contribution in [-0.2, 0) is 18.0 Å². The summed E-state index contributed by atoms with van der Waals surface area (Å²) in [7, 11) is 0. The smallest absolute Gasteiger partial charge is 0.129 e. The fourth-order valence-corrected chi connectivity index (χ4v) is 3.05. The number of halogens is 2. The van der Waals surface area contributed by atoms with Gasteiger partial charge >= 0.3 is 0 Å². The van der Waals surface area contributed by atoms with Gasteiger partial charge in [0.25, 0.3) is 0 Å². The summed E-state index contributed by atoms with van der Waals surface area (Å²) in [6.45, 7) is 4.12. The molecule has 1 atom stereocenters. The maximum atomic E-state index is 14.3. The minimum absolute atomic E-state index is 0.144. The maximum Gasteiger partial charge on any atom is 0.129 e. The van der Waals surface area contributed by atoms with Gasteiger partial charge < -0.3 is 10.1 Å². The van der Waals surface area contributed by atoms with E-state index >= 15 is 0 Å². The summed E-state index contributed by atoms with van der Waals surface area (Å²) in [5, 5.41) is 3.37. The summed E-state index contributed by atoms with van der Waals surface area (Å²) < 4.78 is 20.5. The molecule has 110 valence electrons. The molecule has 1 aliphatic rings. The number of rotatable bonds is 4. The lowest BCUT2D eigenvalue weighted by molar-refractivity contribution is 0.134. The van der Waals surface area contributed by atoms with E-state index in [1.165, 1.54) is 17.2 Å². The third-order valence-corrected chi connectivity index (χ3v) is 4.25. The van der Waals surface area contributed by atoms with Crippen molar-refractivity contribution in [1.82, 2.24) is 5.32 Å². The summed E-state index contributed by atoms with van der Waals surface area (Å²) in [5.41, 5.74) is 4.17. The fraction of sp³-hybridized carbons (Fsp3) is 0.294. The molecule has 0 bridgehead atoms. The van der Waals surface area contributed by atoms with Crippen molar-refractivity contribution < 1.29 is 9.13 Å². The molecule has 1 N–H and O–H groups in total. The van der Waals surface area contributed by atoms with Crippen LogP contribution in [0.1, 0.15) is 35.2 Å². The highest BCUT2D eigenvalue weighted by molar-refractivity contribution is 9.10. The monoisotopic (exact) mass is 349 g/mol. The van der Waals surface area contributed by atoms with Gasteiger partial charge in [0.2, 0.25) is 0 Å². The molecule has 2 aromatic carbocycles. The van der Waals surface area contributed by atoms with E-state index in [2.05, 4.69) is 39.4 Å². The van der Waals surface area contributed by atoms with Crippen molar-refractivity contribution in [2.75, 3.05) is 6.54 Å². The molecular formula is C17H17BrFNO. The summed E-state index contributed by atoms with van der Waals surface area (Å²) in [6.07, 6.45) is 0. The molecule has 3 rings (SSSR count). The fourth-order valence-electron chi connectivity index (χ4n) is 2.72. The van der Waals surface area contributed by atoms with Crippen molar-refractivity contribution in [3.8, 4) is 0 Å². The van der Waals surface area contributed by atoms with E-state index in [1.54, 1.807) is 0 Å². The van der Waals surface area contributed by atoms with Crippen LogP contribution in [0.3, 0.4) is 0 Å². The number of ether oxygens (including phenoxy) is 1. The molecular weight excluding hydrogens is 333 g/mol. The van der Waals surface area contributed by atoms with E-state index in [4.69, 9.17) is 4.74 Å². The quantitative estimate of drug-likeness (QED) is 0.887. The predicted octanol–water partition coefficient (Wildman–Crippen LogP) is 4.32. The number of benzene rings is 2. The summed E-state index contributed by atoms with van der Waals surface area (Å²) in [4.78, 5) is 0. The molecule has 0 saturated heterocycles. The molecule has 2 aromatic rings. The van der Waals surface area contributed by atoms with Gasteiger partial charge in [-0.05, 0) is 35.4 Å². The van der Waals surface area contributed by atoms with Gasteiger partial charge in [-0.2, -0.15) is 0 Å². The van der Waals surface area contributed by atoms with Crippen molar-refractivity contribution in [2.24, 2.45) is 0 Å². The first-order valence-electron chi connectivity index (χ1n) is 7.07. The molecule has 1 heterocycles. The first-order chi connectivity index (χ1) is 10.2. The van der Waals surface area contributed by atoms with Crippen molar-refractivity contribution >= 4 is 15.9 Å². The Kier molecular flexibility index (Phi) is 4.38. The highest BCUT2D eigenvalue weighted by Gasteiger charge is 2.20. The average molecular weight is 350 g/mol. The van der Waals surface area contributed by atoms with Crippen LogP contribution in [0.5, 0.6) is 0 Å². The summed E-state index contributed by atoms with van der Waals surface area (Å²) in [5.74, 6) is -0.202. The largest absolute Gasteiger partial charge is 0.372 e. The zero-order chi connectivity index (χ0) is 14.8. The molecule has 0 radical (unpaired) electrons. The third-order valence-electron chi connectivity index (χ3n) is 3.76. The molecule has 4 heteroatoms. The maximum absolute atomic E-state index is 14.3. The first kappa shape index (κ1) is 14.7. The number of hydrogen-bond acceptors (Lipinski definition) is 2. The zero-order valence-corrected chi connectivity index (χ0v) is 13.4. The lowest BCUT2D eigenvalue weighted by Crippen LogP contribution is -2.23. The van der Waals surface area contributed by atoms with Crippen LogP contribution in [0, 0.1) is 5.82 Å². The summed E-state index contributed by atoms with van der Waals surface area (Å²) in [6, 6.07) is 11.3. The van der Waals surface area contributed by atoms with E-state index in [1.807, 2.05) is 19.1 Å². The van der Waals surface area contributed by atoms with Crippen molar-refractivity contribution in [2.45, 2.75) is 26.2 Å². The second kappa shape index (κ2) is 6.26. The SMILES string of the molecule is CCNC(c1ccc2c(c1)COC2)c1ccc(Br)cc1F. The van der Waals surface area contributed by atoms with Crippen LogP contribution in [0.2, 0.25) is 0 Å². The Hall–Kier alpha value is -1.23. The van der Waals surface area contributed by atoms with Crippen LogP contribution in [0.4, 0.5) is 4.39 Å². The minimum Gasteiger partial charge on any atom is -0.372 e. The highest BCUT2D eigenvalue weighted by atomic mass is 79.9.